The van der Waals surface area contributed by atoms with Gasteiger partial charge in [-0.2, -0.15) is 5.43 Å². The molecule has 15 nitrogen and oxygen atoms in total. The Balaban J connectivity index is 1.32. The third kappa shape index (κ3) is 9.19. The Hall–Kier alpha value is -5.35. The van der Waals surface area contributed by atoms with Gasteiger partial charge in [-0.05, 0) is 79.1 Å². The minimum atomic E-state index is -2.20. The largest absolute Gasteiger partial charge is 0.462 e. The number of hydrogen-bond acceptors (Lipinski definition) is 10. The van der Waals surface area contributed by atoms with Gasteiger partial charge in [0.1, 0.15) is 12.1 Å². The molecule has 4 aromatic rings. The molecular weight excluding hydrogens is 803 g/mol. The highest BCUT2D eigenvalue weighted by atomic mass is 16.6. The summed E-state index contributed by atoms with van der Waals surface area (Å²) in [4.78, 5) is 64.3. The number of likely N-dealkylation sites (tertiary alicyclic amines) is 1. The number of carbonyl (C=O) groups is 4. The van der Waals surface area contributed by atoms with Crippen LogP contribution < -0.4 is 10.7 Å². The van der Waals surface area contributed by atoms with Crippen molar-refractivity contribution in [2.45, 2.75) is 104 Å². The lowest BCUT2D eigenvalue weighted by Crippen LogP contribution is -2.67. The van der Waals surface area contributed by atoms with Crippen LogP contribution in [0.25, 0.3) is 33.3 Å². The van der Waals surface area contributed by atoms with Crippen molar-refractivity contribution in [1.29, 1.82) is 0 Å². The van der Waals surface area contributed by atoms with E-state index in [4.69, 9.17) is 19.2 Å². The van der Waals surface area contributed by atoms with E-state index in [0.29, 0.717) is 32.5 Å². The lowest BCUT2D eigenvalue weighted by Gasteiger charge is -2.42. The molecule has 7 rings (SSSR count). The summed E-state index contributed by atoms with van der Waals surface area (Å²) in [5.74, 6) is -2.24. The predicted molar refractivity (Wildman–Crippen MR) is 239 cm³/mol. The van der Waals surface area contributed by atoms with E-state index in [1.165, 1.54) is 9.91 Å². The highest BCUT2D eigenvalue weighted by Gasteiger charge is 2.46. The Morgan fingerprint density at radius 1 is 1.06 bits per heavy atom. The molecule has 5 heterocycles. The third-order valence-corrected chi connectivity index (χ3v) is 12.8. The highest BCUT2D eigenvalue weighted by Crippen LogP contribution is 2.42. The first-order valence-electron chi connectivity index (χ1n) is 22.0. The molecular formula is C48H63N7O8. The number of aromatic nitrogens is 2. The minimum Gasteiger partial charge on any atom is -0.462 e. The van der Waals surface area contributed by atoms with E-state index in [-0.39, 0.29) is 50.2 Å². The van der Waals surface area contributed by atoms with E-state index >= 15 is 0 Å². The van der Waals surface area contributed by atoms with Gasteiger partial charge in [-0.1, -0.05) is 58.0 Å². The van der Waals surface area contributed by atoms with Crippen LogP contribution >= 0.6 is 0 Å². The summed E-state index contributed by atoms with van der Waals surface area (Å²) in [6.45, 7) is 13.5. The first-order valence-corrected chi connectivity index (χ1v) is 22.0. The van der Waals surface area contributed by atoms with E-state index in [9.17, 15) is 24.3 Å². The molecule has 0 aliphatic carbocycles. The maximum absolute atomic E-state index is 14.6. The van der Waals surface area contributed by atoms with Crippen molar-refractivity contribution < 1.29 is 38.5 Å². The second-order valence-corrected chi connectivity index (χ2v) is 18.4. The van der Waals surface area contributed by atoms with E-state index < -0.39 is 41.0 Å². The summed E-state index contributed by atoms with van der Waals surface area (Å²) in [5, 5.41) is 17.1. The molecule has 3 N–H and O–H groups in total. The second-order valence-electron chi connectivity index (χ2n) is 18.4. The van der Waals surface area contributed by atoms with E-state index in [2.05, 4.69) is 46.5 Å². The maximum atomic E-state index is 14.6. The van der Waals surface area contributed by atoms with Crippen molar-refractivity contribution in [2.24, 2.45) is 11.3 Å². The number of benzene rings is 2. The maximum Gasteiger partial charge on any atom is 0.355 e. The molecule has 2 aromatic carbocycles. The lowest BCUT2D eigenvalue weighted by molar-refractivity contribution is -0.189. The SMILES string of the molecule is CCn1c(-c2cccnc2[C@H](C)OC)c2c3cc(ccc31)-c1cccc(c1)C[C@H](NC(=O)[C@H](C(C)C)N(C)C(=O)N1CC(OC)C1)C(=O)N1CCC[C@@](O)(N1)C(=O)OCC(C)(C)C2. The zero-order valence-electron chi connectivity index (χ0n) is 38.1. The Kier molecular flexibility index (Phi) is 13.3. The molecule has 0 saturated carbocycles. The van der Waals surface area contributed by atoms with Crippen LogP contribution in [0, 0.1) is 11.3 Å². The molecule has 0 radical (unpaired) electrons. The zero-order valence-corrected chi connectivity index (χ0v) is 38.1. The van der Waals surface area contributed by atoms with Gasteiger partial charge >= 0.3 is 12.0 Å². The fourth-order valence-electron chi connectivity index (χ4n) is 9.29. The molecule has 4 atom stereocenters. The number of esters is 1. The molecule has 63 heavy (non-hydrogen) atoms. The molecule has 3 aliphatic rings. The van der Waals surface area contributed by atoms with Gasteiger partial charge in [-0.15, -0.1) is 0 Å². The van der Waals surface area contributed by atoms with Gasteiger partial charge in [0, 0.05) is 75.3 Å². The summed E-state index contributed by atoms with van der Waals surface area (Å²) in [7, 11) is 4.87. The number of nitrogens with one attached hydrogen (secondary N) is 2. The normalized spacial score (nSPS) is 21.7. The molecule has 2 aromatic heterocycles. The number of aliphatic hydroxyl groups is 1. The highest BCUT2D eigenvalue weighted by molar-refractivity contribution is 5.96. The molecule has 338 valence electrons. The Bertz CT molecular complexity index is 2360. The monoisotopic (exact) mass is 865 g/mol. The van der Waals surface area contributed by atoms with Gasteiger partial charge in [-0.25, -0.2) is 9.59 Å². The van der Waals surface area contributed by atoms with E-state index in [0.717, 1.165) is 50.1 Å². The van der Waals surface area contributed by atoms with Crippen LogP contribution in [-0.2, 0) is 48.0 Å². The van der Waals surface area contributed by atoms with Crippen LogP contribution in [-0.4, -0.2) is 125 Å². The number of urea groups is 1. The van der Waals surface area contributed by atoms with Gasteiger partial charge < -0.3 is 39.0 Å². The van der Waals surface area contributed by atoms with Gasteiger partial charge in [0.2, 0.25) is 11.6 Å². The number of hydrogen-bond donors (Lipinski definition) is 3. The fourth-order valence-corrected chi connectivity index (χ4v) is 9.29. The molecule has 2 saturated heterocycles. The molecule has 15 heteroatoms. The number of amides is 4. The average molecular weight is 866 g/mol. The van der Waals surface area contributed by atoms with Crippen molar-refractivity contribution >= 4 is 34.7 Å². The number of likely N-dealkylation sites (N-methyl/N-ethyl adjacent to an activating group) is 1. The number of methoxy groups -OCH3 is 2. The number of cyclic esters (lactones) is 1. The number of carbonyl (C=O) groups excluding carboxylic acids is 4. The topological polar surface area (TPSA) is 168 Å². The molecule has 4 amide bonds. The van der Waals surface area contributed by atoms with Crippen LogP contribution in [0.15, 0.2) is 60.8 Å². The summed E-state index contributed by atoms with van der Waals surface area (Å²) < 4.78 is 19.4. The number of hydrazine groups is 1. The number of aryl methyl sites for hydroxylation is 1. The number of rotatable bonds is 9. The molecule has 0 unspecified atom stereocenters. The minimum absolute atomic E-state index is 0.0102. The first-order chi connectivity index (χ1) is 30.0. The van der Waals surface area contributed by atoms with Gasteiger partial charge in [0.15, 0.2) is 0 Å². The van der Waals surface area contributed by atoms with E-state index in [1.54, 1.807) is 32.4 Å². The average Bonchev–Trinajstić information content (AvgIpc) is 3.55. The van der Waals surface area contributed by atoms with Crippen LogP contribution in [0.2, 0.25) is 0 Å². The summed E-state index contributed by atoms with van der Waals surface area (Å²) in [6, 6.07) is 16.0. The third-order valence-electron chi connectivity index (χ3n) is 12.8. The number of pyridine rings is 1. The van der Waals surface area contributed by atoms with Crippen LogP contribution in [0.1, 0.15) is 77.3 Å². The lowest BCUT2D eigenvalue weighted by atomic mass is 9.84. The Morgan fingerprint density at radius 3 is 2.51 bits per heavy atom. The van der Waals surface area contributed by atoms with Gasteiger partial charge in [0.05, 0.1) is 43.3 Å². The quantitative estimate of drug-likeness (QED) is 0.184. The van der Waals surface area contributed by atoms with Crippen molar-refractivity contribution in [1.82, 2.24) is 35.1 Å². The number of fused-ring (bicyclic) bond motifs is 6. The Morgan fingerprint density at radius 2 is 1.81 bits per heavy atom. The summed E-state index contributed by atoms with van der Waals surface area (Å²) in [5.41, 5.74) is 7.51. The van der Waals surface area contributed by atoms with Crippen molar-refractivity contribution in [2.75, 3.05) is 47.5 Å². The number of nitrogens with zero attached hydrogens (tertiary/aromatic N) is 5. The standard InChI is InChI=1S/C48H63N7O8/c1-10-54-39-18-17-33-24-36(39)37(42(54)35-16-12-20-49-40(35)30(4)61-8)25-47(5,6)28-63-45(58)48(60)19-13-21-55(51-48)44(57)38(23-31-14-11-15-32(33)22-31)50-43(56)41(29(2)3)52(7)46(59)53-26-34(27-53)62-9/h11-12,14-18,20,22,24,29-30,34,38,41,51,60H,10,13,19,21,23,25-28H2,1-9H3,(H,50,56)/t30-,38-,41-,48-/m0/s1. The zero-order chi connectivity index (χ0) is 45.4. The first kappa shape index (κ1) is 45.7. The predicted octanol–water partition coefficient (Wildman–Crippen LogP) is 5.47. The van der Waals surface area contributed by atoms with Gasteiger partial charge in [0.25, 0.3) is 5.91 Å². The fraction of sp³-hybridized carbons (Fsp3) is 0.521. The van der Waals surface area contributed by atoms with Crippen LogP contribution in [0.4, 0.5) is 4.79 Å². The summed E-state index contributed by atoms with van der Waals surface area (Å²) >= 11 is 0. The van der Waals surface area contributed by atoms with Gasteiger partial charge in [-0.3, -0.25) is 19.6 Å². The molecule has 2 fully saturated rings. The van der Waals surface area contributed by atoms with E-state index in [1.807, 2.05) is 65.0 Å². The summed E-state index contributed by atoms with van der Waals surface area (Å²) in [6.07, 6.45) is 2.35. The Labute approximate surface area is 370 Å². The molecule has 0 spiro atoms. The van der Waals surface area contributed by atoms with Crippen LogP contribution in [0.3, 0.4) is 0 Å². The van der Waals surface area contributed by atoms with Crippen molar-refractivity contribution in [3.8, 4) is 22.4 Å². The molecule has 6 bridgehead atoms. The van der Waals surface area contributed by atoms with Crippen molar-refractivity contribution in [3.05, 3.63) is 77.6 Å². The molecule has 3 aliphatic heterocycles. The van der Waals surface area contributed by atoms with Crippen LogP contribution in [0.5, 0.6) is 0 Å². The number of ether oxygens (including phenoxy) is 3. The smallest absolute Gasteiger partial charge is 0.355 e. The van der Waals surface area contributed by atoms with Crippen molar-refractivity contribution in [3.63, 3.8) is 0 Å². The second kappa shape index (κ2) is 18.4.